The van der Waals surface area contributed by atoms with Gasteiger partial charge in [0.05, 0.1) is 18.2 Å². The summed E-state index contributed by atoms with van der Waals surface area (Å²) in [5.41, 5.74) is -0.295. The van der Waals surface area contributed by atoms with Crippen LogP contribution in [0.1, 0.15) is 77.3 Å². The third-order valence-corrected chi connectivity index (χ3v) is 9.01. The van der Waals surface area contributed by atoms with Crippen molar-refractivity contribution in [3.63, 3.8) is 0 Å². The first kappa shape index (κ1) is 26.7. The second kappa shape index (κ2) is 11.4. The van der Waals surface area contributed by atoms with Crippen molar-refractivity contribution in [3.8, 4) is 0 Å². The molecule has 35 heavy (non-hydrogen) atoms. The summed E-state index contributed by atoms with van der Waals surface area (Å²) in [7, 11) is -3.02. The zero-order valence-electron chi connectivity index (χ0n) is 21.1. The topological polar surface area (TPSA) is 122 Å². The lowest BCUT2D eigenvalue weighted by atomic mass is 9.89. The first-order valence-electron chi connectivity index (χ1n) is 13.0. The number of ether oxygens (including phenoxy) is 1. The molecule has 1 saturated heterocycles. The number of hydrogen-bond donors (Lipinski definition) is 0. The second-order valence-corrected chi connectivity index (χ2v) is 11.4. The van der Waals surface area contributed by atoms with Crippen LogP contribution in [-0.2, 0) is 19.3 Å². The van der Waals surface area contributed by atoms with Crippen LogP contribution in [0.3, 0.4) is 0 Å². The SMILES string of the molecule is COC1CCC(N2CCN(C3CCC(n4cnn([C@@H](C)[C@H](C)OS(=O)(=O)[O-])c4=O)CC3)CC2)CC1. The van der Waals surface area contributed by atoms with Crippen LogP contribution in [-0.4, -0.2) is 94.7 Å². The fraction of sp³-hybridized carbons (Fsp3) is 0.913. The summed E-state index contributed by atoms with van der Waals surface area (Å²) < 4.78 is 45.6. The molecule has 4 rings (SSSR count). The van der Waals surface area contributed by atoms with Crippen molar-refractivity contribution < 1.29 is 21.9 Å². The van der Waals surface area contributed by atoms with Gasteiger partial charge in [0, 0.05) is 51.4 Å². The Morgan fingerprint density at radius 2 is 1.40 bits per heavy atom. The average Bonchev–Trinajstić information content (AvgIpc) is 3.24. The average molecular weight is 515 g/mol. The predicted molar refractivity (Wildman–Crippen MR) is 129 cm³/mol. The zero-order chi connectivity index (χ0) is 25.2. The summed E-state index contributed by atoms with van der Waals surface area (Å²) in [6.45, 7) is 7.54. The maximum atomic E-state index is 12.9. The fourth-order valence-corrected chi connectivity index (χ4v) is 6.67. The van der Waals surface area contributed by atoms with Crippen molar-refractivity contribution >= 4 is 10.4 Å². The van der Waals surface area contributed by atoms with Crippen LogP contribution >= 0.6 is 0 Å². The summed E-state index contributed by atoms with van der Waals surface area (Å²) in [6, 6.07) is 0.658. The Labute approximate surface area is 208 Å². The molecule has 0 bridgehead atoms. The maximum Gasteiger partial charge on any atom is 0.346 e. The smallest absolute Gasteiger partial charge is 0.346 e. The lowest BCUT2D eigenvalue weighted by Crippen LogP contribution is -2.54. The van der Waals surface area contributed by atoms with Crippen molar-refractivity contribution in [3.05, 3.63) is 16.8 Å². The van der Waals surface area contributed by atoms with E-state index >= 15 is 0 Å². The molecule has 2 heterocycles. The normalized spacial score (nSPS) is 31.3. The van der Waals surface area contributed by atoms with E-state index in [4.69, 9.17) is 4.74 Å². The van der Waals surface area contributed by atoms with Gasteiger partial charge in [0.2, 0.25) is 10.4 Å². The van der Waals surface area contributed by atoms with E-state index in [9.17, 15) is 17.8 Å². The molecule has 11 nitrogen and oxygen atoms in total. The number of rotatable bonds is 8. The van der Waals surface area contributed by atoms with Gasteiger partial charge < -0.3 is 9.29 Å². The number of hydrogen-bond acceptors (Lipinski definition) is 9. The lowest BCUT2D eigenvalue weighted by molar-refractivity contribution is 0.0107. The first-order chi connectivity index (χ1) is 16.7. The van der Waals surface area contributed by atoms with Crippen molar-refractivity contribution in [2.24, 2.45) is 0 Å². The molecule has 0 aromatic carbocycles. The standard InChI is InChI=1S/C23H41N5O6S/c1-17(18(2)34-35(30,31)32)28-23(29)27(16-24-28)21-6-4-19(5-7-21)25-12-14-26(15-13-25)20-8-10-22(33-3)11-9-20/h16-22H,4-15H2,1-3H3,(H,30,31,32)/p-1/t17-,18-,19?,20?,21?,22?/m0/s1. The van der Waals surface area contributed by atoms with Crippen LogP contribution in [0.15, 0.2) is 11.1 Å². The predicted octanol–water partition coefficient (Wildman–Crippen LogP) is 1.53. The van der Waals surface area contributed by atoms with Crippen LogP contribution in [0.25, 0.3) is 0 Å². The van der Waals surface area contributed by atoms with E-state index in [0.29, 0.717) is 18.2 Å². The highest BCUT2D eigenvalue weighted by Crippen LogP contribution is 2.32. The molecule has 0 amide bonds. The molecular formula is C23H40N5O6S-. The van der Waals surface area contributed by atoms with E-state index < -0.39 is 22.5 Å². The molecule has 2 atom stereocenters. The van der Waals surface area contributed by atoms with E-state index in [0.717, 1.165) is 51.9 Å². The Morgan fingerprint density at radius 1 is 0.914 bits per heavy atom. The highest BCUT2D eigenvalue weighted by atomic mass is 32.3. The summed E-state index contributed by atoms with van der Waals surface area (Å²) >= 11 is 0. The van der Waals surface area contributed by atoms with E-state index in [1.807, 2.05) is 7.11 Å². The molecule has 0 unspecified atom stereocenters. The van der Waals surface area contributed by atoms with Crippen LogP contribution < -0.4 is 5.69 Å². The minimum Gasteiger partial charge on any atom is -0.726 e. The highest BCUT2D eigenvalue weighted by molar-refractivity contribution is 7.80. The maximum absolute atomic E-state index is 12.9. The Kier molecular flexibility index (Phi) is 8.70. The van der Waals surface area contributed by atoms with Gasteiger partial charge in [-0.3, -0.25) is 18.6 Å². The minimum atomic E-state index is -4.85. The molecule has 12 heteroatoms. The van der Waals surface area contributed by atoms with Crippen molar-refractivity contribution in [2.75, 3.05) is 33.3 Å². The largest absolute Gasteiger partial charge is 0.726 e. The van der Waals surface area contributed by atoms with Crippen molar-refractivity contribution in [2.45, 2.75) is 102 Å². The number of piperazine rings is 1. The number of aromatic nitrogens is 3. The molecule has 0 spiro atoms. The lowest BCUT2D eigenvalue weighted by Gasteiger charge is -2.45. The van der Waals surface area contributed by atoms with Crippen LogP contribution in [0.2, 0.25) is 0 Å². The van der Waals surface area contributed by atoms with Crippen LogP contribution in [0.5, 0.6) is 0 Å². The van der Waals surface area contributed by atoms with E-state index in [-0.39, 0.29) is 11.7 Å². The molecule has 0 radical (unpaired) electrons. The highest BCUT2D eigenvalue weighted by Gasteiger charge is 2.33. The van der Waals surface area contributed by atoms with E-state index in [1.54, 1.807) is 11.5 Å². The molecule has 1 aliphatic heterocycles. The molecule has 0 N–H and O–H groups in total. The van der Waals surface area contributed by atoms with Gasteiger partial charge in [-0.1, -0.05) is 0 Å². The number of methoxy groups -OCH3 is 1. The van der Waals surface area contributed by atoms with Crippen LogP contribution in [0, 0.1) is 0 Å². The molecule has 2 aliphatic carbocycles. The van der Waals surface area contributed by atoms with Gasteiger partial charge in [-0.05, 0) is 65.2 Å². The Bertz CT molecular complexity index is 973. The molecule has 1 aromatic heterocycles. The third-order valence-electron chi connectivity index (χ3n) is 8.47. The molecule has 1 aromatic rings. The van der Waals surface area contributed by atoms with Gasteiger partial charge >= 0.3 is 5.69 Å². The molecule has 3 fully saturated rings. The van der Waals surface area contributed by atoms with Crippen molar-refractivity contribution in [1.29, 1.82) is 0 Å². The zero-order valence-corrected chi connectivity index (χ0v) is 21.9. The first-order valence-corrected chi connectivity index (χ1v) is 14.3. The van der Waals surface area contributed by atoms with Gasteiger partial charge in [-0.2, -0.15) is 5.10 Å². The second-order valence-electron chi connectivity index (χ2n) is 10.4. The van der Waals surface area contributed by atoms with Crippen LogP contribution in [0.4, 0.5) is 0 Å². The molecule has 200 valence electrons. The van der Waals surface area contributed by atoms with E-state index in [1.165, 1.54) is 43.6 Å². The Hall–Kier alpha value is -1.31. The van der Waals surface area contributed by atoms with E-state index in [2.05, 4.69) is 19.1 Å². The Morgan fingerprint density at radius 3 is 1.89 bits per heavy atom. The monoisotopic (exact) mass is 514 g/mol. The fourth-order valence-electron chi connectivity index (χ4n) is 6.14. The minimum absolute atomic E-state index is 0.0800. The molecule has 3 aliphatic rings. The molecule has 2 saturated carbocycles. The summed E-state index contributed by atoms with van der Waals surface area (Å²) in [4.78, 5) is 18.2. The molecular weight excluding hydrogens is 474 g/mol. The van der Waals surface area contributed by atoms with Gasteiger partial charge in [-0.25, -0.2) is 17.9 Å². The van der Waals surface area contributed by atoms with Crippen molar-refractivity contribution in [1.82, 2.24) is 24.1 Å². The Balaban J connectivity index is 1.26. The summed E-state index contributed by atoms with van der Waals surface area (Å²) in [5.74, 6) is 0. The van der Waals surface area contributed by atoms with Gasteiger partial charge in [0.1, 0.15) is 6.33 Å². The van der Waals surface area contributed by atoms with Gasteiger partial charge in [0.25, 0.3) is 0 Å². The summed E-state index contributed by atoms with van der Waals surface area (Å²) in [5, 5.41) is 4.18. The quantitative estimate of drug-likeness (QED) is 0.375. The summed E-state index contributed by atoms with van der Waals surface area (Å²) in [6.07, 6.45) is 9.71. The third kappa shape index (κ3) is 6.53. The van der Waals surface area contributed by atoms with Gasteiger partial charge in [0.15, 0.2) is 0 Å². The number of nitrogens with zero attached hydrogens (tertiary/aromatic N) is 5. The van der Waals surface area contributed by atoms with Gasteiger partial charge in [-0.15, -0.1) is 0 Å².